The SMILES string of the molecule is Cc1ccc2nc(N(CCCN3CCOCC3)C(=O)CN(C)S(C)(=O)=O)sc2c1.Cl. The Kier molecular flexibility index (Phi) is 9.01. The van der Waals surface area contributed by atoms with E-state index in [1.807, 2.05) is 19.1 Å². The lowest BCUT2D eigenvalue weighted by Gasteiger charge is -2.28. The molecule has 30 heavy (non-hydrogen) atoms. The highest BCUT2D eigenvalue weighted by atomic mass is 35.5. The zero-order valence-electron chi connectivity index (χ0n) is 17.5. The Balaban J connectivity index is 0.00000320. The van der Waals surface area contributed by atoms with Crippen LogP contribution in [0.25, 0.3) is 10.2 Å². The molecular weight excluding hydrogens is 448 g/mol. The average molecular weight is 477 g/mol. The summed E-state index contributed by atoms with van der Waals surface area (Å²) in [6.07, 6.45) is 1.88. The summed E-state index contributed by atoms with van der Waals surface area (Å²) in [7, 11) is -2.02. The summed E-state index contributed by atoms with van der Waals surface area (Å²) in [6.45, 7) is 6.43. The van der Waals surface area contributed by atoms with E-state index in [1.54, 1.807) is 4.90 Å². The molecule has 168 valence electrons. The Bertz CT molecular complexity index is 961. The summed E-state index contributed by atoms with van der Waals surface area (Å²) in [4.78, 5) is 21.6. The molecule has 1 aliphatic heterocycles. The van der Waals surface area contributed by atoms with Gasteiger partial charge in [0, 0.05) is 33.2 Å². The third kappa shape index (κ3) is 6.60. The van der Waals surface area contributed by atoms with Crippen molar-refractivity contribution in [3.8, 4) is 0 Å². The Morgan fingerprint density at radius 2 is 2.00 bits per heavy atom. The van der Waals surface area contributed by atoms with E-state index in [0.717, 1.165) is 65.6 Å². The predicted octanol–water partition coefficient (Wildman–Crippen LogP) is 1.97. The number of hydrogen-bond acceptors (Lipinski definition) is 7. The van der Waals surface area contributed by atoms with E-state index >= 15 is 0 Å². The number of carbonyl (C=O) groups is 1. The zero-order valence-corrected chi connectivity index (χ0v) is 20.0. The lowest BCUT2D eigenvalue weighted by Crippen LogP contribution is -2.43. The van der Waals surface area contributed by atoms with Gasteiger partial charge in [-0.25, -0.2) is 13.4 Å². The second kappa shape index (κ2) is 10.8. The van der Waals surface area contributed by atoms with Gasteiger partial charge >= 0.3 is 0 Å². The first-order valence-corrected chi connectivity index (χ1v) is 12.3. The van der Waals surface area contributed by atoms with Crippen molar-refractivity contribution in [2.24, 2.45) is 0 Å². The lowest BCUT2D eigenvalue weighted by molar-refractivity contribution is -0.118. The topological polar surface area (TPSA) is 83.1 Å². The van der Waals surface area contributed by atoms with Crippen molar-refractivity contribution in [2.75, 3.05) is 64.1 Å². The van der Waals surface area contributed by atoms with Crippen LogP contribution < -0.4 is 4.90 Å². The van der Waals surface area contributed by atoms with Crippen LogP contribution in [0.4, 0.5) is 5.13 Å². The number of thiazole rings is 1. The first kappa shape index (κ1) is 25.0. The third-order valence-electron chi connectivity index (χ3n) is 4.95. The van der Waals surface area contributed by atoms with E-state index in [9.17, 15) is 13.2 Å². The molecule has 1 aromatic heterocycles. The maximum atomic E-state index is 13.0. The van der Waals surface area contributed by atoms with Gasteiger partial charge in [0.2, 0.25) is 15.9 Å². The van der Waals surface area contributed by atoms with E-state index in [4.69, 9.17) is 4.74 Å². The predicted molar refractivity (Wildman–Crippen MR) is 123 cm³/mol. The molecule has 0 radical (unpaired) electrons. The number of sulfonamides is 1. The van der Waals surface area contributed by atoms with Gasteiger partial charge in [-0.1, -0.05) is 17.4 Å². The molecule has 0 bridgehead atoms. The van der Waals surface area contributed by atoms with Crippen LogP contribution in [0.15, 0.2) is 18.2 Å². The number of benzene rings is 1. The number of nitrogens with zero attached hydrogens (tertiary/aromatic N) is 4. The van der Waals surface area contributed by atoms with Crippen molar-refractivity contribution in [3.05, 3.63) is 23.8 Å². The molecule has 3 rings (SSSR count). The standard InChI is InChI=1S/C19H28N4O4S2.ClH/c1-15-5-6-16-17(13-15)28-19(20-16)23(18(24)14-21(2)29(3,25)26)8-4-7-22-9-11-27-12-10-22;/h5-6,13H,4,7-12,14H2,1-3H3;1H. The number of carbonyl (C=O) groups excluding carboxylic acids is 1. The fraction of sp³-hybridized carbons (Fsp3) is 0.579. The second-order valence-electron chi connectivity index (χ2n) is 7.34. The summed E-state index contributed by atoms with van der Waals surface area (Å²) in [5.74, 6) is -0.268. The van der Waals surface area contributed by atoms with Crippen LogP contribution >= 0.6 is 23.7 Å². The molecule has 1 aromatic carbocycles. The lowest BCUT2D eigenvalue weighted by atomic mass is 10.2. The number of hydrogen-bond donors (Lipinski definition) is 0. The maximum Gasteiger partial charge on any atom is 0.244 e. The van der Waals surface area contributed by atoms with E-state index in [-0.39, 0.29) is 24.9 Å². The van der Waals surface area contributed by atoms with E-state index in [1.165, 1.54) is 18.4 Å². The molecule has 11 heteroatoms. The van der Waals surface area contributed by atoms with Crippen LogP contribution in [0.5, 0.6) is 0 Å². The van der Waals surface area contributed by atoms with Crippen molar-refractivity contribution in [1.82, 2.24) is 14.2 Å². The summed E-state index contributed by atoms with van der Waals surface area (Å²) in [6, 6.07) is 5.99. The monoisotopic (exact) mass is 476 g/mol. The number of aromatic nitrogens is 1. The van der Waals surface area contributed by atoms with Crippen LogP contribution in [0.3, 0.4) is 0 Å². The Hall–Kier alpha value is -1.30. The van der Waals surface area contributed by atoms with Crippen molar-refractivity contribution < 1.29 is 17.9 Å². The van der Waals surface area contributed by atoms with Crippen LogP contribution in [0.1, 0.15) is 12.0 Å². The molecule has 0 spiro atoms. The number of amides is 1. The normalized spacial score (nSPS) is 15.3. The number of rotatable bonds is 8. The Labute approximate surface area is 188 Å². The number of morpholine rings is 1. The minimum Gasteiger partial charge on any atom is -0.379 e. The highest BCUT2D eigenvalue weighted by Gasteiger charge is 2.24. The molecule has 1 fully saturated rings. The van der Waals surface area contributed by atoms with Crippen LogP contribution in [0.2, 0.25) is 0 Å². The van der Waals surface area contributed by atoms with Gasteiger partial charge in [0.25, 0.3) is 0 Å². The van der Waals surface area contributed by atoms with Crippen molar-refractivity contribution in [3.63, 3.8) is 0 Å². The Morgan fingerprint density at radius 1 is 1.30 bits per heavy atom. The van der Waals surface area contributed by atoms with Gasteiger partial charge in [0.1, 0.15) is 0 Å². The minimum atomic E-state index is -3.43. The van der Waals surface area contributed by atoms with Gasteiger partial charge < -0.3 is 4.74 Å². The molecular formula is C19H29ClN4O4S2. The molecule has 8 nitrogen and oxygen atoms in total. The van der Waals surface area contributed by atoms with Crippen LogP contribution in [-0.2, 0) is 19.6 Å². The van der Waals surface area contributed by atoms with E-state index in [2.05, 4.69) is 16.0 Å². The van der Waals surface area contributed by atoms with Crippen molar-refractivity contribution >= 4 is 55.0 Å². The van der Waals surface area contributed by atoms with E-state index < -0.39 is 10.0 Å². The number of anilines is 1. The van der Waals surface area contributed by atoms with Crippen molar-refractivity contribution in [2.45, 2.75) is 13.3 Å². The molecule has 0 saturated carbocycles. The molecule has 0 aliphatic carbocycles. The number of ether oxygens (including phenoxy) is 1. The fourth-order valence-electron chi connectivity index (χ4n) is 3.13. The van der Waals surface area contributed by atoms with Crippen LogP contribution in [0, 0.1) is 6.92 Å². The summed E-state index contributed by atoms with van der Waals surface area (Å²) >= 11 is 1.46. The van der Waals surface area contributed by atoms with Gasteiger partial charge in [-0.05, 0) is 31.0 Å². The fourth-order valence-corrected chi connectivity index (χ4v) is 4.58. The molecule has 1 aliphatic rings. The summed E-state index contributed by atoms with van der Waals surface area (Å²) < 4.78 is 31.0. The average Bonchev–Trinajstić information content (AvgIpc) is 3.07. The first-order chi connectivity index (χ1) is 13.7. The quantitative estimate of drug-likeness (QED) is 0.579. The molecule has 2 aromatic rings. The Morgan fingerprint density at radius 3 is 2.67 bits per heavy atom. The number of fused-ring (bicyclic) bond motifs is 1. The minimum absolute atomic E-state index is 0. The molecule has 0 unspecified atom stereocenters. The summed E-state index contributed by atoms with van der Waals surface area (Å²) in [5, 5.41) is 0.611. The van der Waals surface area contributed by atoms with Gasteiger partial charge in [0.05, 0.1) is 36.2 Å². The highest BCUT2D eigenvalue weighted by molar-refractivity contribution is 7.88. The highest BCUT2D eigenvalue weighted by Crippen LogP contribution is 2.30. The number of halogens is 1. The number of aryl methyl sites for hydroxylation is 1. The number of likely N-dealkylation sites (N-methyl/N-ethyl adjacent to an activating group) is 1. The van der Waals surface area contributed by atoms with Crippen LogP contribution in [-0.4, -0.2) is 87.8 Å². The maximum absolute atomic E-state index is 13.0. The molecule has 0 atom stereocenters. The molecule has 1 saturated heterocycles. The van der Waals surface area contributed by atoms with Gasteiger partial charge in [-0.2, -0.15) is 4.31 Å². The largest absolute Gasteiger partial charge is 0.379 e. The molecule has 2 heterocycles. The molecule has 0 N–H and O–H groups in total. The second-order valence-corrected chi connectivity index (χ2v) is 10.4. The summed E-state index contributed by atoms with van der Waals surface area (Å²) in [5.41, 5.74) is 1.98. The van der Waals surface area contributed by atoms with Gasteiger partial charge in [-0.3, -0.25) is 14.6 Å². The van der Waals surface area contributed by atoms with Gasteiger partial charge in [0.15, 0.2) is 5.13 Å². The molecule has 1 amide bonds. The van der Waals surface area contributed by atoms with Gasteiger partial charge in [-0.15, -0.1) is 12.4 Å². The third-order valence-corrected chi connectivity index (χ3v) is 7.25. The van der Waals surface area contributed by atoms with Crippen molar-refractivity contribution in [1.29, 1.82) is 0 Å². The smallest absolute Gasteiger partial charge is 0.244 e. The van der Waals surface area contributed by atoms with E-state index in [0.29, 0.717) is 11.7 Å². The first-order valence-electron chi connectivity index (χ1n) is 9.63. The zero-order chi connectivity index (χ0) is 21.0.